The number of sulfonamides is 1. The molecule has 0 unspecified atom stereocenters. The van der Waals surface area contributed by atoms with Crippen molar-refractivity contribution in [2.45, 2.75) is 31.0 Å². The molecule has 6 heteroatoms. The summed E-state index contributed by atoms with van der Waals surface area (Å²) in [6, 6.07) is 6.92. The van der Waals surface area contributed by atoms with Crippen molar-refractivity contribution in [2.24, 2.45) is 0 Å². The van der Waals surface area contributed by atoms with Gasteiger partial charge in [0.1, 0.15) is 0 Å². The van der Waals surface area contributed by atoms with Crippen LogP contribution in [-0.4, -0.2) is 34.5 Å². The molecule has 0 spiro atoms. The number of aryl methyl sites for hydroxylation is 1. The Labute approximate surface area is 114 Å². The van der Waals surface area contributed by atoms with Crippen LogP contribution in [0.3, 0.4) is 0 Å². The van der Waals surface area contributed by atoms with Gasteiger partial charge in [-0.2, -0.15) is 0 Å². The van der Waals surface area contributed by atoms with E-state index in [0.29, 0.717) is 31.1 Å². The van der Waals surface area contributed by atoms with Gasteiger partial charge in [-0.3, -0.25) is 0 Å². The zero-order valence-corrected chi connectivity index (χ0v) is 11.8. The number of rotatable bonds is 5. The molecule has 0 bridgehead atoms. The van der Waals surface area contributed by atoms with Crippen LogP contribution < -0.4 is 4.72 Å². The maximum absolute atomic E-state index is 12.1. The van der Waals surface area contributed by atoms with E-state index >= 15 is 0 Å². The Morgan fingerprint density at radius 1 is 1.26 bits per heavy atom. The molecule has 5 nitrogen and oxygen atoms in total. The molecule has 106 valence electrons. The maximum Gasteiger partial charge on any atom is 0.240 e. The molecule has 0 amide bonds. The van der Waals surface area contributed by atoms with E-state index in [9.17, 15) is 8.42 Å². The fraction of sp³-hybridized carbons (Fsp3) is 0.538. The Hall–Kier alpha value is -0.950. The Morgan fingerprint density at radius 2 is 1.95 bits per heavy atom. The van der Waals surface area contributed by atoms with Gasteiger partial charge in [-0.25, -0.2) is 13.1 Å². The molecule has 1 saturated heterocycles. The van der Waals surface area contributed by atoms with Crippen LogP contribution in [0.1, 0.15) is 18.4 Å². The van der Waals surface area contributed by atoms with Crippen LogP contribution in [0.15, 0.2) is 29.2 Å². The highest BCUT2D eigenvalue weighted by molar-refractivity contribution is 7.89. The monoisotopic (exact) mass is 285 g/mol. The summed E-state index contributed by atoms with van der Waals surface area (Å²) in [5, 5.41) is 0. The lowest BCUT2D eigenvalue weighted by Gasteiger charge is -2.23. The molecule has 0 radical (unpaired) electrons. The number of hydrogen-bond acceptors (Lipinski definition) is 4. The van der Waals surface area contributed by atoms with Crippen molar-refractivity contribution >= 4 is 10.0 Å². The minimum atomic E-state index is -3.45. The number of benzene rings is 1. The average Bonchev–Trinajstić information content (AvgIpc) is 2.40. The first-order chi connectivity index (χ1) is 9.09. The van der Waals surface area contributed by atoms with E-state index in [1.165, 1.54) is 0 Å². The minimum absolute atomic E-state index is 0.298. The largest absolute Gasteiger partial charge is 0.353 e. The Morgan fingerprint density at radius 3 is 2.63 bits per heavy atom. The molecule has 0 atom stereocenters. The molecule has 1 aliphatic heterocycles. The molecular formula is C13H19NO4S. The first-order valence-corrected chi connectivity index (χ1v) is 7.86. The number of hydrogen-bond donors (Lipinski definition) is 1. The fourth-order valence-electron chi connectivity index (χ4n) is 1.95. The van der Waals surface area contributed by atoms with E-state index in [2.05, 4.69) is 4.72 Å². The van der Waals surface area contributed by atoms with Crippen LogP contribution in [0.4, 0.5) is 0 Å². The van der Waals surface area contributed by atoms with Gasteiger partial charge >= 0.3 is 0 Å². The van der Waals surface area contributed by atoms with Crippen molar-refractivity contribution in [2.75, 3.05) is 19.8 Å². The van der Waals surface area contributed by atoms with Crippen molar-refractivity contribution in [3.63, 3.8) is 0 Å². The van der Waals surface area contributed by atoms with Gasteiger partial charge in [-0.15, -0.1) is 0 Å². The van der Waals surface area contributed by atoms with Crippen LogP contribution in [0, 0.1) is 6.92 Å². The zero-order valence-electron chi connectivity index (χ0n) is 11.0. The minimum Gasteiger partial charge on any atom is -0.353 e. The topological polar surface area (TPSA) is 64.6 Å². The highest BCUT2D eigenvalue weighted by Crippen LogP contribution is 2.14. The highest BCUT2D eigenvalue weighted by atomic mass is 32.2. The van der Waals surface area contributed by atoms with Crippen LogP contribution in [0.25, 0.3) is 0 Å². The van der Waals surface area contributed by atoms with Gasteiger partial charge in [-0.1, -0.05) is 18.2 Å². The lowest BCUT2D eigenvalue weighted by atomic mass is 10.2. The normalized spacial score (nSPS) is 17.5. The molecule has 19 heavy (non-hydrogen) atoms. The van der Waals surface area contributed by atoms with Gasteiger partial charge in [0.05, 0.1) is 18.1 Å². The molecule has 0 saturated carbocycles. The summed E-state index contributed by atoms with van der Waals surface area (Å²) in [4.78, 5) is 0.320. The second-order valence-corrected chi connectivity index (χ2v) is 6.21. The van der Waals surface area contributed by atoms with E-state index in [1.807, 2.05) is 6.07 Å². The van der Waals surface area contributed by atoms with E-state index in [1.54, 1.807) is 25.1 Å². The van der Waals surface area contributed by atoms with Gasteiger partial charge in [0.2, 0.25) is 10.0 Å². The van der Waals surface area contributed by atoms with E-state index < -0.39 is 10.0 Å². The van der Waals surface area contributed by atoms with Crippen molar-refractivity contribution in [3.05, 3.63) is 29.8 Å². The first kappa shape index (κ1) is 14.5. The summed E-state index contributed by atoms with van der Waals surface area (Å²) in [7, 11) is -3.45. The molecule has 1 aliphatic rings. The first-order valence-electron chi connectivity index (χ1n) is 6.38. The van der Waals surface area contributed by atoms with E-state index in [-0.39, 0.29) is 6.29 Å². The summed E-state index contributed by atoms with van der Waals surface area (Å²) >= 11 is 0. The van der Waals surface area contributed by atoms with Crippen molar-refractivity contribution < 1.29 is 17.9 Å². The van der Waals surface area contributed by atoms with Crippen LogP contribution >= 0.6 is 0 Å². The predicted octanol–water partition coefficient (Wildman–Crippen LogP) is 1.43. The molecular weight excluding hydrogens is 266 g/mol. The lowest BCUT2D eigenvalue weighted by molar-refractivity contribution is -0.180. The van der Waals surface area contributed by atoms with E-state index in [4.69, 9.17) is 9.47 Å². The average molecular weight is 285 g/mol. The zero-order chi connectivity index (χ0) is 13.7. The standard InChI is InChI=1S/C13H19NO4S/c1-11-5-2-3-6-12(11)19(15,16)14-8-7-13-17-9-4-10-18-13/h2-3,5-6,13-14H,4,7-10H2,1H3. The highest BCUT2D eigenvalue weighted by Gasteiger charge is 2.18. The molecule has 1 aromatic carbocycles. The number of nitrogens with one attached hydrogen (secondary N) is 1. The maximum atomic E-state index is 12.1. The summed E-state index contributed by atoms with van der Waals surface area (Å²) in [6.07, 6.45) is 1.12. The summed E-state index contributed by atoms with van der Waals surface area (Å²) in [6.45, 7) is 3.44. The Kier molecular flexibility index (Phi) is 4.93. The Bertz CT molecular complexity index is 509. The summed E-state index contributed by atoms with van der Waals surface area (Å²) < 4.78 is 37.5. The second-order valence-electron chi connectivity index (χ2n) is 4.48. The molecule has 1 heterocycles. The third-order valence-electron chi connectivity index (χ3n) is 2.95. The smallest absolute Gasteiger partial charge is 0.240 e. The third kappa shape index (κ3) is 4.01. The van der Waals surface area contributed by atoms with Crippen molar-refractivity contribution in [1.29, 1.82) is 0 Å². The van der Waals surface area contributed by atoms with Gasteiger partial charge in [0.15, 0.2) is 6.29 Å². The van der Waals surface area contributed by atoms with Gasteiger partial charge in [0.25, 0.3) is 0 Å². The van der Waals surface area contributed by atoms with Gasteiger partial charge < -0.3 is 9.47 Å². The van der Waals surface area contributed by atoms with Crippen LogP contribution in [0.2, 0.25) is 0 Å². The van der Waals surface area contributed by atoms with Gasteiger partial charge in [0, 0.05) is 13.0 Å². The molecule has 1 aromatic rings. The third-order valence-corrected chi connectivity index (χ3v) is 4.57. The van der Waals surface area contributed by atoms with Crippen molar-refractivity contribution in [1.82, 2.24) is 4.72 Å². The number of ether oxygens (including phenoxy) is 2. The van der Waals surface area contributed by atoms with Gasteiger partial charge in [-0.05, 0) is 25.0 Å². The summed E-state index contributed by atoms with van der Waals surface area (Å²) in [5.41, 5.74) is 0.736. The lowest BCUT2D eigenvalue weighted by Crippen LogP contribution is -2.31. The van der Waals surface area contributed by atoms with Crippen LogP contribution in [-0.2, 0) is 19.5 Å². The SMILES string of the molecule is Cc1ccccc1S(=O)(=O)NCCC1OCCCO1. The predicted molar refractivity (Wildman–Crippen MR) is 71.3 cm³/mol. The second kappa shape index (κ2) is 6.47. The molecule has 1 fully saturated rings. The molecule has 0 aliphatic carbocycles. The molecule has 2 rings (SSSR count). The fourth-order valence-corrected chi connectivity index (χ4v) is 3.24. The molecule has 1 N–H and O–H groups in total. The van der Waals surface area contributed by atoms with Crippen molar-refractivity contribution in [3.8, 4) is 0 Å². The van der Waals surface area contributed by atoms with E-state index in [0.717, 1.165) is 12.0 Å². The quantitative estimate of drug-likeness (QED) is 0.889. The summed E-state index contributed by atoms with van der Waals surface area (Å²) in [5.74, 6) is 0. The van der Waals surface area contributed by atoms with Crippen LogP contribution in [0.5, 0.6) is 0 Å². The Balaban J connectivity index is 1.89. The molecule has 0 aromatic heterocycles.